The van der Waals surface area contributed by atoms with E-state index in [1.165, 1.54) is 29.5 Å². The van der Waals surface area contributed by atoms with Crippen molar-refractivity contribution >= 4 is 5.97 Å². The number of carboxylic acids is 1. The van der Waals surface area contributed by atoms with Crippen molar-refractivity contribution in [2.24, 2.45) is 0 Å². The molecule has 1 aliphatic carbocycles. The maximum absolute atomic E-state index is 10.8. The van der Waals surface area contributed by atoms with Crippen LogP contribution in [0.15, 0.2) is 18.2 Å². The average molecular weight is 288 g/mol. The molecule has 2 nitrogen and oxygen atoms in total. The number of carboxylic acid groups (broad SMARTS) is 1. The normalized spacial score (nSPS) is 20.6. The van der Waals surface area contributed by atoms with Gasteiger partial charge in [0.15, 0.2) is 0 Å². The SMILES string of the molecule is CC(CCC(=O)O)c1ccc2c(c1)C(C)(C)CCC2(C)C. The minimum atomic E-state index is -0.707. The van der Waals surface area contributed by atoms with E-state index in [2.05, 4.69) is 52.8 Å². The van der Waals surface area contributed by atoms with E-state index in [1.54, 1.807) is 0 Å². The summed E-state index contributed by atoms with van der Waals surface area (Å²) in [5, 5.41) is 8.85. The van der Waals surface area contributed by atoms with Gasteiger partial charge in [0.25, 0.3) is 0 Å². The Kier molecular flexibility index (Phi) is 4.19. The molecule has 0 saturated carbocycles. The van der Waals surface area contributed by atoms with Crippen LogP contribution in [0.25, 0.3) is 0 Å². The van der Waals surface area contributed by atoms with Crippen molar-refractivity contribution in [3.8, 4) is 0 Å². The molecule has 0 bridgehead atoms. The number of aliphatic carboxylic acids is 1. The van der Waals surface area contributed by atoms with Crippen molar-refractivity contribution in [3.63, 3.8) is 0 Å². The molecule has 0 fully saturated rings. The van der Waals surface area contributed by atoms with Gasteiger partial charge in [-0.05, 0) is 52.7 Å². The van der Waals surface area contributed by atoms with Gasteiger partial charge in [0.1, 0.15) is 0 Å². The summed E-state index contributed by atoms with van der Waals surface area (Å²) in [4.78, 5) is 10.8. The first kappa shape index (κ1) is 16.1. The molecular weight excluding hydrogens is 260 g/mol. The topological polar surface area (TPSA) is 37.3 Å². The van der Waals surface area contributed by atoms with Gasteiger partial charge in [0.2, 0.25) is 0 Å². The minimum absolute atomic E-state index is 0.216. The molecule has 1 unspecified atom stereocenters. The molecule has 2 rings (SSSR count). The minimum Gasteiger partial charge on any atom is -0.481 e. The van der Waals surface area contributed by atoms with Gasteiger partial charge in [-0.15, -0.1) is 0 Å². The molecule has 0 aliphatic heterocycles. The fourth-order valence-corrected chi connectivity index (χ4v) is 3.42. The van der Waals surface area contributed by atoms with Crippen molar-refractivity contribution < 1.29 is 9.90 Å². The van der Waals surface area contributed by atoms with Crippen molar-refractivity contribution in [1.82, 2.24) is 0 Å². The second kappa shape index (κ2) is 5.47. The Bertz CT molecular complexity index is 540. The number of fused-ring (bicyclic) bond motifs is 1. The molecule has 21 heavy (non-hydrogen) atoms. The number of carbonyl (C=O) groups is 1. The Morgan fingerprint density at radius 1 is 1.14 bits per heavy atom. The Morgan fingerprint density at radius 2 is 1.71 bits per heavy atom. The molecule has 116 valence electrons. The van der Waals surface area contributed by atoms with Crippen LogP contribution in [0, 0.1) is 0 Å². The highest BCUT2D eigenvalue weighted by Gasteiger charge is 2.37. The summed E-state index contributed by atoms with van der Waals surface area (Å²) in [5.74, 6) is -0.409. The molecule has 0 amide bonds. The van der Waals surface area contributed by atoms with Gasteiger partial charge in [-0.3, -0.25) is 4.79 Å². The predicted octanol–water partition coefficient (Wildman–Crippen LogP) is 5.00. The van der Waals surface area contributed by atoms with Gasteiger partial charge >= 0.3 is 5.97 Å². The van der Waals surface area contributed by atoms with E-state index in [0.717, 1.165) is 0 Å². The van der Waals surface area contributed by atoms with Crippen LogP contribution < -0.4 is 0 Å². The lowest BCUT2D eigenvalue weighted by Gasteiger charge is -2.42. The van der Waals surface area contributed by atoms with Crippen LogP contribution in [0.4, 0.5) is 0 Å². The van der Waals surface area contributed by atoms with Crippen LogP contribution in [0.1, 0.15) is 82.9 Å². The molecule has 0 aromatic heterocycles. The zero-order valence-corrected chi connectivity index (χ0v) is 14.0. The monoisotopic (exact) mass is 288 g/mol. The zero-order valence-electron chi connectivity index (χ0n) is 14.0. The summed E-state index contributed by atoms with van der Waals surface area (Å²) in [5.41, 5.74) is 4.66. The Labute approximate surface area is 128 Å². The van der Waals surface area contributed by atoms with Crippen molar-refractivity contribution in [1.29, 1.82) is 0 Å². The maximum Gasteiger partial charge on any atom is 0.303 e. The molecule has 1 aromatic carbocycles. The van der Waals surface area contributed by atoms with E-state index in [0.29, 0.717) is 12.3 Å². The number of hydrogen-bond acceptors (Lipinski definition) is 1. The van der Waals surface area contributed by atoms with Crippen LogP contribution in [0.3, 0.4) is 0 Å². The zero-order chi connectivity index (χ0) is 15.8. The summed E-state index contributed by atoms with van der Waals surface area (Å²) >= 11 is 0. The molecule has 1 aromatic rings. The second-order valence-electron chi connectivity index (χ2n) is 7.91. The third-order valence-electron chi connectivity index (χ3n) is 5.24. The van der Waals surface area contributed by atoms with E-state index in [4.69, 9.17) is 5.11 Å². The first-order valence-electron chi connectivity index (χ1n) is 8.00. The summed E-state index contributed by atoms with van der Waals surface area (Å²) < 4.78 is 0. The van der Waals surface area contributed by atoms with Crippen molar-refractivity contribution in [3.05, 3.63) is 34.9 Å². The highest BCUT2D eigenvalue weighted by molar-refractivity contribution is 5.66. The Hall–Kier alpha value is -1.31. The number of rotatable bonds is 4. The van der Waals surface area contributed by atoms with Crippen LogP contribution in [-0.4, -0.2) is 11.1 Å². The fraction of sp³-hybridized carbons (Fsp3) is 0.632. The summed E-state index contributed by atoms with van der Waals surface area (Å²) in [6.07, 6.45) is 3.38. The molecule has 0 heterocycles. The van der Waals surface area contributed by atoms with Gasteiger partial charge in [-0.25, -0.2) is 0 Å². The molecule has 1 N–H and O–H groups in total. The fourth-order valence-electron chi connectivity index (χ4n) is 3.42. The smallest absolute Gasteiger partial charge is 0.303 e. The number of hydrogen-bond donors (Lipinski definition) is 1. The van der Waals surface area contributed by atoms with Crippen LogP contribution >= 0.6 is 0 Å². The second-order valence-corrected chi connectivity index (χ2v) is 7.91. The van der Waals surface area contributed by atoms with E-state index in [9.17, 15) is 4.79 Å². The first-order valence-corrected chi connectivity index (χ1v) is 8.00. The van der Waals surface area contributed by atoms with E-state index in [1.807, 2.05) is 0 Å². The number of benzene rings is 1. The molecule has 0 radical (unpaired) electrons. The van der Waals surface area contributed by atoms with Gasteiger partial charge in [-0.2, -0.15) is 0 Å². The summed E-state index contributed by atoms with van der Waals surface area (Å²) in [6.45, 7) is 11.4. The Morgan fingerprint density at radius 3 is 2.29 bits per heavy atom. The third-order valence-corrected chi connectivity index (χ3v) is 5.24. The highest BCUT2D eigenvalue weighted by Crippen LogP contribution is 2.46. The first-order chi connectivity index (χ1) is 9.63. The summed E-state index contributed by atoms with van der Waals surface area (Å²) in [7, 11) is 0. The standard InChI is InChI=1S/C19H28O2/c1-13(6-9-17(20)21)14-7-8-15-16(12-14)19(4,5)11-10-18(15,2)3/h7-8,12-13H,6,9-11H2,1-5H3,(H,20,21). The van der Waals surface area contributed by atoms with Crippen molar-refractivity contribution in [2.45, 2.75) is 77.0 Å². The lowest BCUT2D eigenvalue weighted by molar-refractivity contribution is -0.137. The molecule has 2 heteroatoms. The lowest BCUT2D eigenvalue weighted by atomic mass is 9.62. The van der Waals surface area contributed by atoms with Gasteiger partial charge in [0, 0.05) is 6.42 Å². The maximum atomic E-state index is 10.8. The Balaban J connectivity index is 2.35. The van der Waals surface area contributed by atoms with Gasteiger partial charge in [-0.1, -0.05) is 52.8 Å². The molecular formula is C19H28O2. The van der Waals surface area contributed by atoms with Gasteiger partial charge in [0.05, 0.1) is 0 Å². The van der Waals surface area contributed by atoms with E-state index < -0.39 is 5.97 Å². The third kappa shape index (κ3) is 3.30. The van der Waals surface area contributed by atoms with Crippen molar-refractivity contribution in [2.75, 3.05) is 0 Å². The largest absolute Gasteiger partial charge is 0.481 e. The molecule has 0 saturated heterocycles. The molecule has 1 aliphatic rings. The summed E-state index contributed by atoms with van der Waals surface area (Å²) in [6, 6.07) is 6.82. The molecule has 1 atom stereocenters. The van der Waals surface area contributed by atoms with E-state index in [-0.39, 0.29) is 17.3 Å². The quantitative estimate of drug-likeness (QED) is 0.846. The lowest BCUT2D eigenvalue weighted by Crippen LogP contribution is -2.33. The van der Waals surface area contributed by atoms with E-state index >= 15 is 0 Å². The molecule has 0 spiro atoms. The van der Waals surface area contributed by atoms with Gasteiger partial charge < -0.3 is 5.11 Å². The van der Waals surface area contributed by atoms with Crippen LogP contribution in [0.5, 0.6) is 0 Å². The average Bonchev–Trinajstić information content (AvgIpc) is 2.41. The highest BCUT2D eigenvalue weighted by atomic mass is 16.4. The van der Waals surface area contributed by atoms with Crippen LogP contribution in [-0.2, 0) is 15.6 Å². The predicted molar refractivity (Wildman–Crippen MR) is 87.0 cm³/mol. The van der Waals surface area contributed by atoms with Crippen LogP contribution in [0.2, 0.25) is 0 Å².